The summed E-state index contributed by atoms with van der Waals surface area (Å²) in [5, 5.41) is 30.5. The molecule has 0 aromatic carbocycles. The van der Waals surface area contributed by atoms with Crippen LogP contribution in [0.2, 0.25) is 0 Å². The fraction of sp³-hybridized carbons (Fsp3) is 0.235. The molecule has 0 aliphatic carbocycles. The molecule has 3 aromatic rings. The van der Waals surface area contributed by atoms with E-state index in [0.717, 1.165) is 22.8 Å². The molecule has 3 aromatic heterocycles. The number of rotatable bonds is 1. The highest BCUT2D eigenvalue weighted by Crippen LogP contribution is 1.92. The fourth-order valence-electron chi connectivity index (χ4n) is 1.37. The maximum Gasteiger partial charge on any atom is 0.163 e. The Balaban J connectivity index is 0.000000357. The summed E-state index contributed by atoms with van der Waals surface area (Å²) in [4.78, 5) is 0. The summed E-state index contributed by atoms with van der Waals surface area (Å²) in [7, 11) is 0. The van der Waals surface area contributed by atoms with Crippen LogP contribution in [0.1, 0.15) is 28.5 Å². The van der Waals surface area contributed by atoms with Crippen LogP contribution < -0.4 is 5.73 Å². The normalized spacial score (nSPS) is 8.58. The van der Waals surface area contributed by atoms with Gasteiger partial charge in [0.2, 0.25) is 0 Å². The van der Waals surface area contributed by atoms with E-state index in [0.29, 0.717) is 12.2 Å². The zero-order valence-electron chi connectivity index (χ0n) is 14.9. The van der Waals surface area contributed by atoms with Crippen molar-refractivity contribution in [1.82, 2.24) is 30.6 Å². The average molecular weight is 373 g/mol. The van der Waals surface area contributed by atoms with Crippen molar-refractivity contribution in [2.24, 2.45) is 5.73 Å². The Morgan fingerprint density at radius 2 is 1.46 bits per heavy atom. The summed E-state index contributed by atoms with van der Waals surface area (Å²) in [6.07, 6.45) is 1.66. The lowest BCUT2D eigenvalue weighted by Crippen LogP contribution is -2.00. The van der Waals surface area contributed by atoms with Crippen LogP contribution in [0, 0.1) is 32.1 Å². The number of hydrogen-bond donors (Lipinski definition) is 1. The van der Waals surface area contributed by atoms with Gasteiger partial charge in [-0.2, -0.15) is 30.8 Å². The molecule has 0 aliphatic heterocycles. The standard InChI is InChI=1S/C6H9N3.C6H5N3.C5H6N2.ClH/c2*1-5-2-3-6(4-7)9-8-5;1-5-3-2-4-6-7-5;/h2-3H,4,7H2,1H3;2-3H,1H3;2-4H,1H3;1H. The molecule has 0 spiro atoms. The van der Waals surface area contributed by atoms with Crippen molar-refractivity contribution >= 4 is 12.4 Å². The molecule has 2 N–H and O–H groups in total. The molecule has 9 heteroatoms. The Morgan fingerprint density at radius 1 is 0.846 bits per heavy atom. The van der Waals surface area contributed by atoms with E-state index >= 15 is 0 Å². The van der Waals surface area contributed by atoms with Crippen LogP contribution in [0.3, 0.4) is 0 Å². The van der Waals surface area contributed by atoms with Gasteiger partial charge in [0.25, 0.3) is 0 Å². The van der Waals surface area contributed by atoms with Crippen molar-refractivity contribution in [3.8, 4) is 6.07 Å². The predicted molar refractivity (Wildman–Crippen MR) is 100 cm³/mol. The van der Waals surface area contributed by atoms with Crippen molar-refractivity contribution < 1.29 is 0 Å². The largest absolute Gasteiger partial charge is 0.325 e. The van der Waals surface area contributed by atoms with E-state index in [1.807, 2.05) is 51.1 Å². The van der Waals surface area contributed by atoms with Gasteiger partial charge in [-0.25, -0.2) is 0 Å². The van der Waals surface area contributed by atoms with Crippen molar-refractivity contribution in [2.45, 2.75) is 27.3 Å². The van der Waals surface area contributed by atoms with Crippen LogP contribution in [0.5, 0.6) is 0 Å². The van der Waals surface area contributed by atoms with Crippen molar-refractivity contribution in [1.29, 1.82) is 5.26 Å². The highest BCUT2D eigenvalue weighted by Gasteiger charge is 1.89. The average Bonchev–Trinajstić information content (AvgIpc) is 2.65. The van der Waals surface area contributed by atoms with Gasteiger partial charge in [-0.15, -0.1) is 17.5 Å². The summed E-state index contributed by atoms with van der Waals surface area (Å²) in [5.41, 5.74) is 9.20. The highest BCUT2D eigenvalue weighted by atomic mass is 35.5. The molecule has 0 amide bonds. The Labute approximate surface area is 158 Å². The molecule has 0 radical (unpaired) electrons. The van der Waals surface area contributed by atoms with E-state index in [1.54, 1.807) is 18.3 Å². The molecule has 136 valence electrons. The van der Waals surface area contributed by atoms with Gasteiger partial charge >= 0.3 is 0 Å². The van der Waals surface area contributed by atoms with Crippen molar-refractivity contribution in [3.05, 3.63) is 71.1 Å². The SMILES string of the molecule is Cc1ccc(C#N)nn1.Cc1ccc(CN)nn1.Cc1cccnn1.Cl. The third kappa shape index (κ3) is 9.97. The summed E-state index contributed by atoms with van der Waals surface area (Å²) in [5.74, 6) is 0. The van der Waals surface area contributed by atoms with Gasteiger partial charge in [0, 0.05) is 12.7 Å². The van der Waals surface area contributed by atoms with E-state index in [1.165, 1.54) is 0 Å². The number of hydrogen-bond acceptors (Lipinski definition) is 8. The molecule has 0 fully saturated rings. The van der Waals surface area contributed by atoms with E-state index in [-0.39, 0.29) is 12.4 Å². The predicted octanol–water partition coefficient (Wildman–Crippen LogP) is 2.11. The Kier molecular flexibility index (Phi) is 11.7. The zero-order valence-corrected chi connectivity index (χ0v) is 15.7. The third-order valence-corrected chi connectivity index (χ3v) is 2.68. The molecule has 8 nitrogen and oxygen atoms in total. The molecule has 3 heterocycles. The van der Waals surface area contributed by atoms with Crippen LogP contribution in [0.15, 0.2) is 42.6 Å². The van der Waals surface area contributed by atoms with E-state index in [4.69, 9.17) is 11.0 Å². The number of nitrogens with zero attached hydrogens (tertiary/aromatic N) is 7. The molecule has 0 saturated carbocycles. The second-order valence-electron chi connectivity index (χ2n) is 4.91. The van der Waals surface area contributed by atoms with Gasteiger partial charge in [0.15, 0.2) is 5.69 Å². The summed E-state index contributed by atoms with van der Waals surface area (Å²) >= 11 is 0. The first kappa shape index (κ1) is 23.0. The lowest BCUT2D eigenvalue weighted by molar-refractivity contribution is 0.876. The molecule has 26 heavy (non-hydrogen) atoms. The third-order valence-electron chi connectivity index (χ3n) is 2.68. The second-order valence-corrected chi connectivity index (χ2v) is 4.91. The van der Waals surface area contributed by atoms with Gasteiger partial charge in [-0.1, -0.05) is 0 Å². The number of nitrogens with two attached hydrogens (primary N) is 1. The van der Waals surface area contributed by atoms with Crippen LogP contribution in [-0.4, -0.2) is 30.6 Å². The maximum atomic E-state index is 8.28. The lowest BCUT2D eigenvalue weighted by Gasteiger charge is -1.92. The highest BCUT2D eigenvalue weighted by molar-refractivity contribution is 5.85. The summed E-state index contributed by atoms with van der Waals surface area (Å²) < 4.78 is 0. The van der Waals surface area contributed by atoms with Crippen LogP contribution in [0.4, 0.5) is 0 Å². The van der Waals surface area contributed by atoms with Crippen LogP contribution in [-0.2, 0) is 6.54 Å². The summed E-state index contributed by atoms with van der Waals surface area (Å²) in [6, 6.07) is 12.8. The molecular formula is C17H21ClN8. The van der Waals surface area contributed by atoms with E-state index < -0.39 is 0 Å². The fourth-order valence-corrected chi connectivity index (χ4v) is 1.37. The van der Waals surface area contributed by atoms with Crippen molar-refractivity contribution in [2.75, 3.05) is 0 Å². The molecule has 0 aliphatic rings. The van der Waals surface area contributed by atoms with E-state index in [2.05, 4.69) is 30.6 Å². The molecular weight excluding hydrogens is 352 g/mol. The minimum Gasteiger partial charge on any atom is -0.325 e. The topological polar surface area (TPSA) is 127 Å². The monoisotopic (exact) mass is 372 g/mol. The van der Waals surface area contributed by atoms with Gasteiger partial charge in [-0.3, -0.25) is 0 Å². The van der Waals surface area contributed by atoms with Gasteiger partial charge < -0.3 is 5.73 Å². The Hall–Kier alpha value is -3.02. The maximum absolute atomic E-state index is 8.28. The number of halogens is 1. The van der Waals surface area contributed by atoms with Gasteiger partial charge in [-0.05, 0) is 57.2 Å². The quantitative estimate of drug-likeness (QED) is 0.687. The number of aryl methyl sites for hydroxylation is 3. The lowest BCUT2D eigenvalue weighted by atomic mass is 10.3. The van der Waals surface area contributed by atoms with E-state index in [9.17, 15) is 0 Å². The smallest absolute Gasteiger partial charge is 0.163 e. The van der Waals surface area contributed by atoms with Crippen molar-refractivity contribution in [3.63, 3.8) is 0 Å². The Morgan fingerprint density at radius 3 is 1.81 bits per heavy atom. The number of aromatic nitrogens is 6. The second kappa shape index (κ2) is 13.3. The zero-order chi connectivity index (χ0) is 18.5. The van der Waals surface area contributed by atoms with Gasteiger partial charge in [0.05, 0.1) is 22.8 Å². The van der Waals surface area contributed by atoms with Crippen LogP contribution >= 0.6 is 12.4 Å². The Bertz CT molecular complexity index is 771. The molecule has 0 bridgehead atoms. The molecule has 0 saturated heterocycles. The molecule has 0 atom stereocenters. The number of nitriles is 1. The first-order valence-corrected chi connectivity index (χ1v) is 7.49. The van der Waals surface area contributed by atoms with Crippen LogP contribution in [0.25, 0.3) is 0 Å². The van der Waals surface area contributed by atoms with Gasteiger partial charge in [0.1, 0.15) is 6.07 Å². The molecule has 0 unspecified atom stereocenters. The summed E-state index contributed by atoms with van der Waals surface area (Å²) in [6.45, 7) is 6.10. The first-order valence-electron chi connectivity index (χ1n) is 7.49. The minimum absolute atomic E-state index is 0. The molecule has 3 rings (SSSR count). The first-order chi connectivity index (χ1) is 12.0. The minimum atomic E-state index is 0.